The van der Waals surface area contributed by atoms with Crippen LogP contribution in [-0.2, 0) is 21.4 Å². The normalized spacial score (nSPS) is 18.6. The van der Waals surface area contributed by atoms with Gasteiger partial charge >= 0.3 is 0 Å². The standard InChI is InChI=1S/C20H33N3O3S/c1-4-14-27(25,26)23-13-8-7-12-19(23)20(24)21-18-11-9-10-17(15-18)16-22(5-2)6-3/h9-11,15,19H,4-8,12-14,16H2,1-3H3,(H,21,24). The van der Waals surface area contributed by atoms with Crippen LogP contribution in [0, 0.1) is 0 Å². The van der Waals surface area contributed by atoms with Crippen LogP contribution in [0.4, 0.5) is 5.69 Å². The number of nitrogens with zero attached hydrogens (tertiary/aromatic N) is 2. The third-order valence-corrected chi connectivity index (χ3v) is 7.15. The minimum absolute atomic E-state index is 0.0934. The molecule has 27 heavy (non-hydrogen) atoms. The van der Waals surface area contributed by atoms with E-state index in [1.807, 2.05) is 31.2 Å². The van der Waals surface area contributed by atoms with Gasteiger partial charge in [0.2, 0.25) is 15.9 Å². The van der Waals surface area contributed by atoms with E-state index >= 15 is 0 Å². The molecule has 7 heteroatoms. The zero-order valence-corrected chi connectivity index (χ0v) is 17.6. The SMILES string of the molecule is CCCS(=O)(=O)N1CCCCC1C(=O)Nc1cccc(CN(CC)CC)c1. The summed E-state index contributed by atoms with van der Waals surface area (Å²) in [5.74, 6) is -0.134. The molecule has 0 saturated carbocycles. The monoisotopic (exact) mass is 395 g/mol. The number of piperidine rings is 1. The summed E-state index contributed by atoms with van der Waals surface area (Å²) < 4.78 is 26.5. The smallest absolute Gasteiger partial charge is 0.242 e. The molecule has 1 fully saturated rings. The fourth-order valence-electron chi connectivity index (χ4n) is 3.55. The first-order valence-electron chi connectivity index (χ1n) is 10.0. The molecule has 6 nitrogen and oxygen atoms in total. The van der Waals surface area contributed by atoms with Crippen LogP contribution in [0.25, 0.3) is 0 Å². The Morgan fingerprint density at radius 3 is 2.63 bits per heavy atom. The summed E-state index contributed by atoms with van der Waals surface area (Å²) in [6.45, 7) is 9.31. The number of rotatable bonds is 9. The van der Waals surface area contributed by atoms with Crippen LogP contribution >= 0.6 is 0 Å². The molecule has 1 atom stereocenters. The molecule has 152 valence electrons. The zero-order valence-electron chi connectivity index (χ0n) is 16.8. The number of benzene rings is 1. The van der Waals surface area contributed by atoms with Crippen molar-refractivity contribution in [3.8, 4) is 0 Å². The molecule has 1 aliphatic heterocycles. The first-order valence-corrected chi connectivity index (χ1v) is 11.6. The Labute approximate surface area is 164 Å². The molecule has 1 N–H and O–H groups in total. The van der Waals surface area contributed by atoms with Crippen molar-refractivity contribution in [1.82, 2.24) is 9.21 Å². The van der Waals surface area contributed by atoms with E-state index in [0.717, 1.165) is 43.7 Å². The van der Waals surface area contributed by atoms with Crippen molar-refractivity contribution < 1.29 is 13.2 Å². The Morgan fingerprint density at radius 2 is 1.96 bits per heavy atom. The van der Waals surface area contributed by atoms with Crippen molar-refractivity contribution >= 4 is 21.6 Å². The second kappa shape index (κ2) is 10.2. The van der Waals surface area contributed by atoms with Crippen molar-refractivity contribution in [3.63, 3.8) is 0 Å². The molecule has 1 aliphatic rings. The molecule has 0 spiro atoms. The molecular formula is C20H33N3O3S. The molecule has 0 radical (unpaired) electrons. The van der Waals surface area contributed by atoms with Crippen LogP contribution in [0.15, 0.2) is 24.3 Å². The summed E-state index contributed by atoms with van der Waals surface area (Å²) in [5, 5.41) is 2.94. The molecular weight excluding hydrogens is 362 g/mol. The van der Waals surface area contributed by atoms with Crippen LogP contribution in [-0.4, -0.2) is 55.0 Å². The van der Waals surface area contributed by atoms with Gasteiger partial charge in [-0.1, -0.05) is 39.3 Å². The molecule has 1 heterocycles. The fourth-order valence-corrected chi connectivity index (χ4v) is 5.30. The molecule has 2 rings (SSSR count). The molecule has 0 bridgehead atoms. The van der Waals surface area contributed by atoms with Gasteiger partial charge in [-0.2, -0.15) is 4.31 Å². The number of hydrogen-bond acceptors (Lipinski definition) is 4. The van der Waals surface area contributed by atoms with Gasteiger partial charge in [0.1, 0.15) is 6.04 Å². The third kappa shape index (κ3) is 6.02. The summed E-state index contributed by atoms with van der Waals surface area (Å²) in [6, 6.07) is 7.20. The van der Waals surface area contributed by atoms with Gasteiger partial charge in [0.25, 0.3) is 0 Å². The lowest BCUT2D eigenvalue weighted by Gasteiger charge is -2.33. The average molecular weight is 396 g/mol. The second-order valence-corrected chi connectivity index (χ2v) is 9.13. The highest BCUT2D eigenvalue weighted by atomic mass is 32.2. The van der Waals surface area contributed by atoms with Crippen LogP contribution in [0.1, 0.15) is 52.0 Å². The average Bonchev–Trinajstić information content (AvgIpc) is 2.66. The summed E-state index contributed by atoms with van der Waals surface area (Å²) >= 11 is 0. The minimum Gasteiger partial charge on any atom is -0.325 e. The fraction of sp³-hybridized carbons (Fsp3) is 0.650. The molecule has 1 saturated heterocycles. The summed E-state index contributed by atoms with van der Waals surface area (Å²) in [5.41, 5.74) is 1.86. The predicted molar refractivity (Wildman–Crippen MR) is 110 cm³/mol. The van der Waals surface area contributed by atoms with Crippen molar-refractivity contribution in [1.29, 1.82) is 0 Å². The van der Waals surface area contributed by atoms with Crippen LogP contribution in [0.3, 0.4) is 0 Å². The summed E-state index contributed by atoms with van der Waals surface area (Å²) in [4.78, 5) is 15.2. The summed E-state index contributed by atoms with van der Waals surface area (Å²) in [7, 11) is -3.38. The van der Waals surface area contributed by atoms with E-state index in [1.165, 1.54) is 4.31 Å². The number of carbonyl (C=O) groups excluding carboxylic acids is 1. The second-order valence-electron chi connectivity index (χ2n) is 7.09. The zero-order chi connectivity index (χ0) is 19.9. The quantitative estimate of drug-likeness (QED) is 0.698. The van der Waals surface area contributed by atoms with Gasteiger partial charge in [-0.15, -0.1) is 0 Å². The van der Waals surface area contributed by atoms with E-state index in [0.29, 0.717) is 19.4 Å². The molecule has 1 aromatic carbocycles. The van der Waals surface area contributed by atoms with E-state index in [2.05, 4.69) is 24.1 Å². The van der Waals surface area contributed by atoms with Crippen LogP contribution in [0.2, 0.25) is 0 Å². The van der Waals surface area contributed by atoms with Gasteiger partial charge in [0, 0.05) is 18.8 Å². The first-order chi connectivity index (χ1) is 12.9. The maximum Gasteiger partial charge on any atom is 0.242 e. The maximum absolute atomic E-state index is 12.8. The number of sulfonamides is 1. The topological polar surface area (TPSA) is 69.7 Å². The van der Waals surface area contributed by atoms with Crippen molar-refractivity contribution in [2.45, 2.75) is 59.0 Å². The molecule has 1 aromatic rings. The van der Waals surface area contributed by atoms with E-state index in [-0.39, 0.29) is 11.7 Å². The van der Waals surface area contributed by atoms with E-state index in [9.17, 15) is 13.2 Å². The maximum atomic E-state index is 12.8. The molecule has 1 unspecified atom stereocenters. The van der Waals surface area contributed by atoms with Crippen molar-refractivity contribution in [3.05, 3.63) is 29.8 Å². The number of carbonyl (C=O) groups is 1. The Balaban J connectivity index is 2.11. The number of hydrogen-bond donors (Lipinski definition) is 1. The number of anilines is 1. The van der Waals surface area contributed by atoms with Crippen LogP contribution in [0.5, 0.6) is 0 Å². The van der Waals surface area contributed by atoms with Gasteiger partial charge in [-0.3, -0.25) is 9.69 Å². The van der Waals surface area contributed by atoms with Crippen molar-refractivity contribution in [2.75, 3.05) is 30.7 Å². The highest BCUT2D eigenvalue weighted by Crippen LogP contribution is 2.23. The largest absolute Gasteiger partial charge is 0.325 e. The molecule has 1 amide bonds. The lowest BCUT2D eigenvalue weighted by atomic mass is 10.0. The Kier molecular flexibility index (Phi) is 8.26. The predicted octanol–water partition coefficient (Wildman–Crippen LogP) is 3.06. The van der Waals surface area contributed by atoms with E-state index in [4.69, 9.17) is 0 Å². The van der Waals surface area contributed by atoms with E-state index < -0.39 is 16.1 Å². The Hall–Kier alpha value is -1.44. The van der Waals surface area contributed by atoms with Gasteiger partial charge in [0.05, 0.1) is 5.75 Å². The lowest BCUT2D eigenvalue weighted by Crippen LogP contribution is -2.50. The minimum atomic E-state index is -3.38. The number of amides is 1. The Bertz CT molecular complexity index is 717. The highest BCUT2D eigenvalue weighted by Gasteiger charge is 2.36. The van der Waals surface area contributed by atoms with Crippen LogP contribution < -0.4 is 5.32 Å². The first kappa shape index (κ1) is 21.9. The van der Waals surface area contributed by atoms with Gasteiger partial charge in [-0.05, 0) is 50.0 Å². The van der Waals surface area contributed by atoms with Gasteiger partial charge in [0.15, 0.2) is 0 Å². The third-order valence-electron chi connectivity index (χ3n) is 5.07. The molecule has 0 aliphatic carbocycles. The highest BCUT2D eigenvalue weighted by molar-refractivity contribution is 7.89. The lowest BCUT2D eigenvalue weighted by molar-refractivity contribution is -0.120. The van der Waals surface area contributed by atoms with Gasteiger partial charge in [-0.25, -0.2) is 8.42 Å². The van der Waals surface area contributed by atoms with E-state index in [1.54, 1.807) is 0 Å². The number of nitrogens with one attached hydrogen (secondary N) is 1. The van der Waals surface area contributed by atoms with Crippen molar-refractivity contribution in [2.24, 2.45) is 0 Å². The molecule has 0 aromatic heterocycles. The summed E-state index contributed by atoms with van der Waals surface area (Å²) in [6.07, 6.45) is 2.82. The van der Waals surface area contributed by atoms with Gasteiger partial charge < -0.3 is 5.32 Å². The Morgan fingerprint density at radius 1 is 1.22 bits per heavy atom.